The number of rotatable bonds is 7. The highest BCUT2D eigenvalue weighted by atomic mass is 16.5. The Morgan fingerprint density at radius 3 is 2.42 bits per heavy atom. The van der Waals surface area contributed by atoms with Crippen molar-refractivity contribution in [3.8, 4) is 11.5 Å². The molecule has 0 atom stereocenters. The summed E-state index contributed by atoms with van der Waals surface area (Å²) in [4.78, 5) is 11.0. The second-order valence-corrected chi connectivity index (χ2v) is 4.94. The number of ether oxygens (including phenoxy) is 2. The van der Waals surface area contributed by atoms with Gasteiger partial charge < -0.3 is 19.9 Å². The number of carboxylic acids is 1. The van der Waals surface area contributed by atoms with Crippen LogP contribution in [0, 0.1) is 5.41 Å². The van der Waals surface area contributed by atoms with Gasteiger partial charge in [-0.2, -0.15) is 0 Å². The molecule has 5 heteroatoms. The fourth-order valence-corrected chi connectivity index (χ4v) is 1.57. The van der Waals surface area contributed by atoms with Crippen molar-refractivity contribution in [2.45, 2.75) is 20.3 Å². The van der Waals surface area contributed by atoms with Crippen molar-refractivity contribution in [3.05, 3.63) is 18.2 Å². The minimum Gasteiger partial charge on any atom is -0.493 e. The first-order valence-corrected chi connectivity index (χ1v) is 6.10. The third-order valence-corrected chi connectivity index (χ3v) is 3.04. The van der Waals surface area contributed by atoms with Crippen molar-refractivity contribution in [1.29, 1.82) is 0 Å². The molecule has 0 aliphatic heterocycles. The fraction of sp³-hybridized carbons (Fsp3) is 0.500. The van der Waals surface area contributed by atoms with E-state index in [0.717, 1.165) is 5.69 Å². The predicted molar refractivity (Wildman–Crippen MR) is 74.1 cm³/mol. The van der Waals surface area contributed by atoms with Crippen molar-refractivity contribution in [3.63, 3.8) is 0 Å². The van der Waals surface area contributed by atoms with Gasteiger partial charge in [-0.3, -0.25) is 4.79 Å². The van der Waals surface area contributed by atoms with E-state index in [9.17, 15) is 4.79 Å². The summed E-state index contributed by atoms with van der Waals surface area (Å²) in [6, 6.07) is 5.51. The second kappa shape index (κ2) is 6.31. The van der Waals surface area contributed by atoms with E-state index in [1.165, 1.54) is 0 Å². The third kappa shape index (κ3) is 4.05. The maximum atomic E-state index is 11.0. The summed E-state index contributed by atoms with van der Waals surface area (Å²) in [5.41, 5.74) is 0.141. The van der Waals surface area contributed by atoms with E-state index in [4.69, 9.17) is 14.6 Å². The topological polar surface area (TPSA) is 67.8 Å². The third-order valence-electron chi connectivity index (χ3n) is 3.04. The van der Waals surface area contributed by atoms with Gasteiger partial charge >= 0.3 is 5.97 Å². The highest BCUT2D eigenvalue weighted by molar-refractivity contribution is 5.73. The first-order chi connectivity index (χ1) is 8.90. The molecule has 0 bridgehead atoms. The van der Waals surface area contributed by atoms with Crippen LogP contribution in [0.4, 0.5) is 5.69 Å². The Balaban J connectivity index is 2.61. The number of hydrogen-bond acceptors (Lipinski definition) is 4. The predicted octanol–water partition coefficient (Wildman–Crippen LogP) is 2.62. The SMILES string of the molecule is COc1ccc(NCCC(C)(C)C(=O)O)cc1OC. The molecule has 106 valence electrons. The van der Waals surface area contributed by atoms with Crippen LogP contribution in [0.5, 0.6) is 11.5 Å². The highest BCUT2D eigenvalue weighted by Gasteiger charge is 2.26. The lowest BCUT2D eigenvalue weighted by Gasteiger charge is -2.19. The number of benzene rings is 1. The van der Waals surface area contributed by atoms with Gasteiger partial charge in [-0.25, -0.2) is 0 Å². The van der Waals surface area contributed by atoms with Crippen LogP contribution in [-0.4, -0.2) is 31.8 Å². The Morgan fingerprint density at radius 2 is 1.89 bits per heavy atom. The number of nitrogens with one attached hydrogen (secondary N) is 1. The lowest BCUT2D eigenvalue weighted by atomic mass is 9.90. The summed E-state index contributed by atoms with van der Waals surface area (Å²) in [6.45, 7) is 4.01. The van der Waals surface area contributed by atoms with Crippen molar-refractivity contribution >= 4 is 11.7 Å². The van der Waals surface area contributed by atoms with Crippen LogP contribution in [-0.2, 0) is 4.79 Å². The number of carboxylic acid groups (broad SMARTS) is 1. The van der Waals surface area contributed by atoms with Gasteiger partial charge in [-0.15, -0.1) is 0 Å². The fourth-order valence-electron chi connectivity index (χ4n) is 1.57. The zero-order chi connectivity index (χ0) is 14.5. The zero-order valence-corrected chi connectivity index (χ0v) is 11.8. The van der Waals surface area contributed by atoms with Crippen LogP contribution in [0.1, 0.15) is 20.3 Å². The van der Waals surface area contributed by atoms with E-state index < -0.39 is 11.4 Å². The van der Waals surface area contributed by atoms with Gasteiger partial charge in [0.25, 0.3) is 0 Å². The van der Waals surface area contributed by atoms with Crippen LogP contribution in [0.3, 0.4) is 0 Å². The molecule has 5 nitrogen and oxygen atoms in total. The van der Waals surface area contributed by atoms with E-state index in [0.29, 0.717) is 24.5 Å². The second-order valence-electron chi connectivity index (χ2n) is 4.94. The lowest BCUT2D eigenvalue weighted by molar-refractivity contribution is -0.147. The summed E-state index contributed by atoms with van der Waals surface area (Å²) < 4.78 is 10.4. The molecule has 0 saturated carbocycles. The molecule has 2 N–H and O–H groups in total. The van der Waals surface area contributed by atoms with Crippen LogP contribution in [0.25, 0.3) is 0 Å². The quantitative estimate of drug-likeness (QED) is 0.795. The summed E-state index contributed by atoms with van der Waals surface area (Å²) >= 11 is 0. The largest absolute Gasteiger partial charge is 0.493 e. The summed E-state index contributed by atoms with van der Waals surface area (Å²) in [5.74, 6) is 0.519. The molecule has 0 aliphatic rings. The summed E-state index contributed by atoms with van der Waals surface area (Å²) in [7, 11) is 3.16. The molecule has 0 amide bonds. The lowest BCUT2D eigenvalue weighted by Crippen LogP contribution is -2.26. The van der Waals surface area contributed by atoms with Gasteiger partial charge in [0.1, 0.15) is 0 Å². The van der Waals surface area contributed by atoms with Gasteiger partial charge in [0.2, 0.25) is 0 Å². The highest BCUT2D eigenvalue weighted by Crippen LogP contribution is 2.30. The molecule has 1 rings (SSSR count). The molecule has 0 aliphatic carbocycles. The Bertz CT molecular complexity index is 443. The first-order valence-electron chi connectivity index (χ1n) is 6.10. The van der Waals surface area contributed by atoms with Crippen LogP contribution < -0.4 is 14.8 Å². The van der Waals surface area contributed by atoms with Gasteiger partial charge in [0.15, 0.2) is 11.5 Å². The minimum absolute atomic E-state index is 0.538. The summed E-state index contributed by atoms with van der Waals surface area (Å²) in [5, 5.41) is 12.2. The standard InChI is InChI=1S/C14H21NO4/c1-14(2,13(16)17)7-8-15-10-5-6-11(18-3)12(9-10)19-4/h5-6,9,15H,7-8H2,1-4H3,(H,16,17). The van der Waals surface area contributed by atoms with E-state index in [1.54, 1.807) is 28.1 Å². The number of aliphatic carboxylic acids is 1. The van der Waals surface area contributed by atoms with Gasteiger partial charge in [0, 0.05) is 18.3 Å². The number of carbonyl (C=O) groups is 1. The normalized spacial score (nSPS) is 10.9. The number of hydrogen-bond donors (Lipinski definition) is 2. The molecular formula is C14H21NO4. The van der Waals surface area contributed by atoms with E-state index in [2.05, 4.69) is 5.32 Å². The van der Waals surface area contributed by atoms with E-state index in [-0.39, 0.29) is 0 Å². The molecule has 19 heavy (non-hydrogen) atoms. The van der Waals surface area contributed by atoms with Crippen molar-refractivity contribution in [2.75, 3.05) is 26.1 Å². The molecular weight excluding hydrogens is 246 g/mol. The van der Waals surface area contributed by atoms with E-state index >= 15 is 0 Å². The van der Waals surface area contributed by atoms with Crippen LogP contribution in [0.2, 0.25) is 0 Å². The molecule has 0 fully saturated rings. The summed E-state index contributed by atoms with van der Waals surface area (Å²) in [6.07, 6.45) is 0.538. The van der Waals surface area contributed by atoms with E-state index in [1.807, 2.05) is 18.2 Å². The maximum absolute atomic E-state index is 11.0. The molecule has 1 aromatic rings. The average molecular weight is 267 g/mol. The molecule has 0 spiro atoms. The van der Waals surface area contributed by atoms with Crippen LogP contribution in [0.15, 0.2) is 18.2 Å². The monoisotopic (exact) mass is 267 g/mol. The Hall–Kier alpha value is -1.91. The molecule has 1 aromatic carbocycles. The Kier molecular flexibility index (Phi) is 5.03. The van der Waals surface area contributed by atoms with Crippen molar-refractivity contribution in [1.82, 2.24) is 0 Å². The zero-order valence-electron chi connectivity index (χ0n) is 11.8. The molecule has 0 radical (unpaired) electrons. The van der Waals surface area contributed by atoms with Crippen LogP contribution >= 0.6 is 0 Å². The molecule has 0 unspecified atom stereocenters. The molecule has 0 saturated heterocycles. The number of anilines is 1. The van der Waals surface area contributed by atoms with Crippen molar-refractivity contribution in [2.24, 2.45) is 5.41 Å². The average Bonchev–Trinajstić information content (AvgIpc) is 2.38. The van der Waals surface area contributed by atoms with Gasteiger partial charge in [-0.1, -0.05) is 0 Å². The Morgan fingerprint density at radius 1 is 1.26 bits per heavy atom. The number of methoxy groups -OCH3 is 2. The smallest absolute Gasteiger partial charge is 0.309 e. The van der Waals surface area contributed by atoms with Gasteiger partial charge in [-0.05, 0) is 32.4 Å². The molecule has 0 aromatic heterocycles. The molecule has 0 heterocycles. The maximum Gasteiger partial charge on any atom is 0.309 e. The minimum atomic E-state index is -0.790. The Labute approximate surface area is 113 Å². The van der Waals surface area contributed by atoms with Crippen molar-refractivity contribution < 1.29 is 19.4 Å². The first kappa shape index (κ1) is 15.1. The van der Waals surface area contributed by atoms with Gasteiger partial charge in [0.05, 0.1) is 19.6 Å².